The minimum Gasteiger partial charge on any atom is -0.410 e. The van der Waals surface area contributed by atoms with Crippen LogP contribution in [0.3, 0.4) is 0 Å². The lowest BCUT2D eigenvalue weighted by molar-refractivity contribution is -0.135. The normalized spacial score (nSPS) is 19.0. The fourth-order valence-corrected chi connectivity index (χ4v) is 6.00. The molecule has 2 aliphatic rings. The van der Waals surface area contributed by atoms with Crippen molar-refractivity contribution in [2.45, 2.75) is 38.6 Å². The number of carbonyl (C=O) groups excluding carboxylic acids is 3. The van der Waals surface area contributed by atoms with Gasteiger partial charge in [-0.05, 0) is 80.8 Å². The van der Waals surface area contributed by atoms with Crippen LogP contribution in [0.2, 0.25) is 5.02 Å². The smallest absolute Gasteiger partial charge is 0.410 e. The highest BCUT2D eigenvalue weighted by atomic mass is 35.5. The molecule has 2 atom stereocenters. The molecule has 3 aromatic rings. The second kappa shape index (κ2) is 12.9. The summed E-state index contributed by atoms with van der Waals surface area (Å²) in [6.07, 6.45) is 2.42. The zero-order valence-electron chi connectivity index (χ0n) is 23.7. The van der Waals surface area contributed by atoms with Crippen LogP contribution >= 0.6 is 11.6 Å². The van der Waals surface area contributed by atoms with Crippen LogP contribution in [0.4, 0.5) is 15.0 Å². The second-order valence-electron chi connectivity index (χ2n) is 10.8. The summed E-state index contributed by atoms with van der Waals surface area (Å²) in [6, 6.07) is 16.2. The summed E-state index contributed by atoms with van der Waals surface area (Å²) in [5.41, 5.74) is 1.56. The van der Waals surface area contributed by atoms with Crippen molar-refractivity contribution in [2.24, 2.45) is 5.92 Å². The van der Waals surface area contributed by atoms with Gasteiger partial charge in [0, 0.05) is 61.3 Å². The van der Waals surface area contributed by atoms with Gasteiger partial charge in [-0.1, -0.05) is 23.7 Å². The largest absolute Gasteiger partial charge is 0.415 e. The highest BCUT2D eigenvalue weighted by Crippen LogP contribution is 2.35. The zero-order chi connectivity index (χ0) is 29.8. The second-order valence-corrected chi connectivity index (χ2v) is 11.2. The van der Waals surface area contributed by atoms with Crippen molar-refractivity contribution < 1.29 is 23.5 Å². The van der Waals surface area contributed by atoms with Crippen LogP contribution in [0.15, 0.2) is 66.9 Å². The predicted octanol–water partition coefficient (Wildman–Crippen LogP) is 5.81. The van der Waals surface area contributed by atoms with Gasteiger partial charge >= 0.3 is 6.09 Å². The summed E-state index contributed by atoms with van der Waals surface area (Å²) in [7, 11) is 0. The fourth-order valence-electron chi connectivity index (χ4n) is 5.88. The summed E-state index contributed by atoms with van der Waals surface area (Å²) in [5, 5.41) is 0.612. The standard InChI is InChI=1S/C32H34ClFN4O4/c1-3-38(32(41)42-27-11-9-26(34)10-12-27)29-20-37(19-28(29)22-4-7-25(33)8-5-22)31(40)23-14-16-36(17-15-23)30-13-6-24(18-35-30)21(2)39/h4-13,18,23,28-29H,3,14-17,19-20H2,1-2H3. The van der Waals surface area contributed by atoms with Gasteiger partial charge < -0.3 is 19.4 Å². The lowest BCUT2D eigenvalue weighted by Gasteiger charge is -2.34. The molecule has 0 saturated carbocycles. The summed E-state index contributed by atoms with van der Waals surface area (Å²) < 4.78 is 19.0. The first-order chi connectivity index (χ1) is 20.2. The Hall–Kier alpha value is -3.98. The molecule has 2 aliphatic heterocycles. The Morgan fingerprint density at radius 3 is 2.29 bits per heavy atom. The van der Waals surface area contributed by atoms with Crippen molar-refractivity contribution in [3.05, 3.63) is 88.8 Å². The average molecular weight is 593 g/mol. The predicted molar refractivity (Wildman–Crippen MR) is 159 cm³/mol. The summed E-state index contributed by atoms with van der Waals surface area (Å²) in [4.78, 5) is 48.8. The molecule has 10 heteroatoms. The van der Waals surface area contributed by atoms with E-state index in [0.717, 1.165) is 11.4 Å². The number of anilines is 1. The van der Waals surface area contributed by atoms with E-state index in [4.69, 9.17) is 16.3 Å². The number of benzene rings is 2. The number of amides is 2. The number of pyridine rings is 1. The van der Waals surface area contributed by atoms with Crippen LogP contribution in [-0.4, -0.2) is 71.3 Å². The van der Waals surface area contributed by atoms with Gasteiger partial charge in [0.25, 0.3) is 0 Å². The molecule has 0 radical (unpaired) electrons. The van der Waals surface area contributed by atoms with Crippen LogP contribution in [-0.2, 0) is 4.79 Å². The van der Waals surface area contributed by atoms with Gasteiger partial charge in [0.2, 0.25) is 5.91 Å². The van der Waals surface area contributed by atoms with E-state index in [2.05, 4.69) is 9.88 Å². The van der Waals surface area contributed by atoms with Crippen LogP contribution in [0, 0.1) is 11.7 Å². The fraction of sp³-hybridized carbons (Fsp3) is 0.375. The molecule has 0 aliphatic carbocycles. The first-order valence-corrected chi connectivity index (χ1v) is 14.6. The van der Waals surface area contributed by atoms with Crippen molar-refractivity contribution in [1.82, 2.24) is 14.8 Å². The van der Waals surface area contributed by atoms with Crippen molar-refractivity contribution >= 4 is 35.2 Å². The first kappa shape index (κ1) is 29.5. The average Bonchev–Trinajstić information content (AvgIpc) is 3.44. The maximum absolute atomic E-state index is 13.8. The third kappa shape index (κ3) is 6.57. The molecule has 2 saturated heterocycles. The van der Waals surface area contributed by atoms with E-state index < -0.39 is 11.9 Å². The highest BCUT2D eigenvalue weighted by molar-refractivity contribution is 6.30. The van der Waals surface area contributed by atoms with Gasteiger partial charge in [0.15, 0.2) is 5.78 Å². The van der Waals surface area contributed by atoms with Crippen LogP contribution in [0.1, 0.15) is 48.5 Å². The molecule has 8 nitrogen and oxygen atoms in total. The maximum Gasteiger partial charge on any atom is 0.415 e. The Balaban J connectivity index is 1.29. The molecule has 42 heavy (non-hydrogen) atoms. The number of Topliss-reactive ketones (excluding diaryl/α,β-unsaturated/α-hetero) is 1. The number of carbonyl (C=O) groups is 3. The Labute approximate surface area is 250 Å². The topological polar surface area (TPSA) is 83.0 Å². The van der Waals surface area contributed by atoms with Crippen molar-refractivity contribution in [1.29, 1.82) is 0 Å². The van der Waals surface area contributed by atoms with E-state index >= 15 is 0 Å². The van der Waals surface area contributed by atoms with Gasteiger partial charge in [-0.25, -0.2) is 14.2 Å². The van der Waals surface area contributed by atoms with Crippen LogP contribution in [0.25, 0.3) is 0 Å². The van der Waals surface area contributed by atoms with Crippen molar-refractivity contribution in [2.75, 3.05) is 37.6 Å². The quantitative estimate of drug-likeness (QED) is 0.322. The van der Waals surface area contributed by atoms with Gasteiger partial charge in [0.05, 0.1) is 6.04 Å². The summed E-state index contributed by atoms with van der Waals surface area (Å²) in [5.74, 6) is 0.435. The molecule has 1 aromatic heterocycles. The Morgan fingerprint density at radius 2 is 1.69 bits per heavy atom. The summed E-state index contributed by atoms with van der Waals surface area (Å²) >= 11 is 6.16. The first-order valence-electron chi connectivity index (χ1n) is 14.2. The molecular weight excluding hydrogens is 559 g/mol. The zero-order valence-corrected chi connectivity index (χ0v) is 24.5. The number of ketones is 1. The third-order valence-electron chi connectivity index (χ3n) is 8.22. The molecule has 5 rings (SSSR count). The van der Waals surface area contributed by atoms with E-state index in [0.29, 0.717) is 56.2 Å². The van der Waals surface area contributed by atoms with E-state index in [1.807, 2.05) is 42.2 Å². The number of aromatic nitrogens is 1. The molecule has 0 spiro atoms. The van der Waals surface area contributed by atoms with Gasteiger partial charge in [0.1, 0.15) is 17.4 Å². The highest BCUT2D eigenvalue weighted by Gasteiger charge is 2.43. The SMILES string of the molecule is CCN(C(=O)Oc1ccc(F)cc1)C1CN(C(=O)C2CCN(c3ccc(C(C)=O)cn3)CC2)CC1c1ccc(Cl)cc1. The molecule has 2 fully saturated rings. The monoisotopic (exact) mass is 592 g/mol. The Morgan fingerprint density at radius 1 is 1.00 bits per heavy atom. The summed E-state index contributed by atoms with van der Waals surface area (Å²) in [6.45, 7) is 6.00. The number of likely N-dealkylation sites (tertiary alicyclic amines) is 1. The minimum absolute atomic E-state index is 0.0236. The lowest BCUT2D eigenvalue weighted by atomic mass is 9.93. The number of halogens is 2. The molecule has 2 amide bonds. The number of piperidine rings is 1. The number of ether oxygens (including phenoxy) is 1. The van der Waals surface area contributed by atoms with E-state index in [-0.39, 0.29) is 35.3 Å². The molecule has 3 heterocycles. The third-order valence-corrected chi connectivity index (χ3v) is 8.47. The van der Waals surface area contributed by atoms with Gasteiger partial charge in [-0.2, -0.15) is 0 Å². The number of rotatable bonds is 7. The van der Waals surface area contributed by atoms with Crippen LogP contribution < -0.4 is 9.64 Å². The molecule has 2 aromatic carbocycles. The van der Waals surface area contributed by atoms with Crippen molar-refractivity contribution in [3.63, 3.8) is 0 Å². The van der Waals surface area contributed by atoms with Crippen molar-refractivity contribution in [3.8, 4) is 5.75 Å². The van der Waals surface area contributed by atoms with E-state index in [1.165, 1.54) is 31.2 Å². The maximum atomic E-state index is 13.8. The van der Waals surface area contributed by atoms with E-state index in [9.17, 15) is 18.8 Å². The minimum atomic E-state index is -0.543. The molecule has 2 unspecified atom stereocenters. The van der Waals surface area contributed by atoms with Crippen LogP contribution in [0.5, 0.6) is 5.75 Å². The van der Waals surface area contributed by atoms with Gasteiger partial charge in [-0.15, -0.1) is 0 Å². The van der Waals surface area contributed by atoms with Gasteiger partial charge in [-0.3, -0.25) is 9.59 Å². The Kier molecular flexibility index (Phi) is 9.06. The van der Waals surface area contributed by atoms with E-state index in [1.54, 1.807) is 17.2 Å². The molecule has 0 N–H and O–H groups in total. The number of hydrogen-bond acceptors (Lipinski definition) is 6. The number of nitrogens with zero attached hydrogens (tertiary/aromatic N) is 4. The lowest BCUT2D eigenvalue weighted by Crippen LogP contribution is -2.47. The molecule has 220 valence electrons. The number of likely N-dealkylation sites (N-methyl/N-ethyl adjacent to an activating group) is 1. The Bertz CT molecular complexity index is 1410. The molecular formula is C32H34ClFN4O4. The molecule has 0 bridgehead atoms. The number of hydrogen-bond donors (Lipinski definition) is 0.